The minimum atomic E-state index is -0.493. The third kappa shape index (κ3) is 5.37. The first-order valence-electron chi connectivity index (χ1n) is 9.86. The summed E-state index contributed by atoms with van der Waals surface area (Å²) in [6, 6.07) is 3.91. The van der Waals surface area contributed by atoms with E-state index >= 15 is 0 Å². The molecule has 2 amide bonds. The predicted octanol–water partition coefficient (Wildman–Crippen LogP) is 3.14. The standard InChI is InChI=1S/C20H29BrN4O3/c1-20(2,3)28-19(27)25-8-5-15(6-9-25)18(26)24-12-10-23(11-13-24)17-14-16(21)4-7-22-17/h4,7,14-15H,5-6,8-13H2,1-3H3. The van der Waals surface area contributed by atoms with Gasteiger partial charge in [-0.1, -0.05) is 15.9 Å². The third-order valence-electron chi connectivity index (χ3n) is 5.12. The van der Waals surface area contributed by atoms with Crippen LogP contribution in [0, 0.1) is 5.92 Å². The molecule has 0 unspecified atom stereocenters. The van der Waals surface area contributed by atoms with Crippen molar-refractivity contribution in [3.8, 4) is 0 Å². The smallest absolute Gasteiger partial charge is 0.410 e. The van der Waals surface area contributed by atoms with Crippen LogP contribution in [0.5, 0.6) is 0 Å². The molecular weight excluding hydrogens is 424 g/mol. The van der Waals surface area contributed by atoms with E-state index in [2.05, 4.69) is 25.8 Å². The van der Waals surface area contributed by atoms with Gasteiger partial charge in [0.2, 0.25) is 5.91 Å². The molecule has 0 N–H and O–H groups in total. The molecule has 0 atom stereocenters. The van der Waals surface area contributed by atoms with Crippen LogP contribution in [0.4, 0.5) is 10.6 Å². The van der Waals surface area contributed by atoms with Gasteiger partial charge in [0.25, 0.3) is 0 Å². The summed E-state index contributed by atoms with van der Waals surface area (Å²) in [6.45, 7) is 9.73. The van der Waals surface area contributed by atoms with E-state index in [0.717, 1.165) is 23.4 Å². The van der Waals surface area contributed by atoms with Gasteiger partial charge in [-0.3, -0.25) is 4.79 Å². The molecule has 0 bridgehead atoms. The first kappa shape index (κ1) is 20.9. The Hall–Kier alpha value is -1.83. The maximum atomic E-state index is 12.9. The van der Waals surface area contributed by atoms with E-state index in [0.29, 0.717) is 39.0 Å². The summed E-state index contributed by atoms with van der Waals surface area (Å²) in [5.74, 6) is 1.15. The number of ether oxygens (including phenoxy) is 1. The molecule has 2 aliphatic heterocycles. The van der Waals surface area contributed by atoms with Crippen LogP contribution in [0.3, 0.4) is 0 Å². The van der Waals surface area contributed by atoms with Gasteiger partial charge in [0, 0.05) is 55.9 Å². The molecule has 2 saturated heterocycles. The van der Waals surface area contributed by atoms with Gasteiger partial charge >= 0.3 is 6.09 Å². The highest BCUT2D eigenvalue weighted by Gasteiger charge is 2.33. The van der Waals surface area contributed by atoms with Crippen molar-refractivity contribution >= 4 is 33.7 Å². The Bertz CT molecular complexity index is 706. The first-order chi connectivity index (χ1) is 13.2. The maximum absolute atomic E-state index is 12.9. The lowest BCUT2D eigenvalue weighted by atomic mass is 9.95. The van der Waals surface area contributed by atoms with Gasteiger partial charge in [-0.05, 0) is 45.7 Å². The minimum absolute atomic E-state index is 0.00534. The van der Waals surface area contributed by atoms with Crippen molar-refractivity contribution in [2.45, 2.75) is 39.2 Å². The van der Waals surface area contributed by atoms with Gasteiger partial charge in [-0.15, -0.1) is 0 Å². The summed E-state index contributed by atoms with van der Waals surface area (Å²) in [5.41, 5.74) is -0.493. The SMILES string of the molecule is CC(C)(C)OC(=O)N1CCC(C(=O)N2CCN(c3cc(Br)ccn3)CC2)CC1. The summed E-state index contributed by atoms with van der Waals surface area (Å²) >= 11 is 3.48. The Kier molecular flexibility index (Phi) is 6.47. The highest BCUT2D eigenvalue weighted by atomic mass is 79.9. The Morgan fingerprint density at radius 2 is 1.71 bits per heavy atom. The summed E-state index contributed by atoms with van der Waals surface area (Å²) in [7, 11) is 0. The third-order valence-corrected chi connectivity index (χ3v) is 5.61. The number of rotatable bonds is 2. The summed E-state index contributed by atoms with van der Waals surface area (Å²) < 4.78 is 6.44. The van der Waals surface area contributed by atoms with E-state index in [4.69, 9.17) is 4.74 Å². The summed E-state index contributed by atoms with van der Waals surface area (Å²) in [4.78, 5) is 35.4. The van der Waals surface area contributed by atoms with E-state index in [1.807, 2.05) is 37.8 Å². The first-order valence-corrected chi connectivity index (χ1v) is 10.7. The monoisotopic (exact) mass is 452 g/mol. The van der Waals surface area contributed by atoms with Crippen LogP contribution in [0.15, 0.2) is 22.8 Å². The highest BCUT2D eigenvalue weighted by molar-refractivity contribution is 9.10. The van der Waals surface area contributed by atoms with Crippen LogP contribution in [-0.2, 0) is 9.53 Å². The van der Waals surface area contributed by atoms with Crippen LogP contribution >= 0.6 is 15.9 Å². The Labute approximate surface area is 175 Å². The number of piperidine rings is 1. The Balaban J connectivity index is 1.47. The lowest BCUT2D eigenvalue weighted by molar-refractivity contribution is -0.137. The molecular formula is C20H29BrN4O3. The Morgan fingerprint density at radius 1 is 1.07 bits per heavy atom. The number of pyridine rings is 1. The average molecular weight is 453 g/mol. The number of hydrogen-bond acceptors (Lipinski definition) is 5. The molecule has 2 fully saturated rings. The van der Waals surface area contributed by atoms with Gasteiger partial charge in [-0.25, -0.2) is 9.78 Å². The molecule has 0 aromatic carbocycles. The second-order valence-corrected chi connectivity index (χ2v) is 9.30. The van der Waals surface area contributed by atoms with Crippen LogP contribution in [-0.4, -0.2) is 71.7 Å². The van der Waals surface area contributed by atoms with Crippen LogP contribution in [0.1, 0.15) is 33.6 Å². The molecule has 0 aliphatic carbocycles. The van der Waals surface area contributed by atoms with Crippen LogP contribution in [0.2, 0.25) is 0 Å². The van der Waals surface area contributed by atoms with Crippen molar-refractivity contribution in [1.82, 2.24) is 14.8 Å². The number of anilines is 1. The highest BCUT2D eigenvalue weighted by Crippen LogP contribution is 2.23. The number of piperazine rings is 1. The Morgan fingerprint density at radius 3 is 2.29 bits per heavy atom. The van der Waals surface area contributed by atoms with E-state index in [1.54, 1.807) is 11.1 Å². The number of halogens is 1. The molecule has 2 aliphatic rings. The van der Waals surface area contributed by atoms with Gasteiger partial charge in [0.15, 0.2) is 0 Å². The average Bonchev–Trinajstić information content (AvgIpc) is 2.66. The van der Waals surface area contributed by atoms with Crippen molar-refractivity contribution in [1.29, 1.82) is 0 Å². The van der Waals surface area contributed by atoms with Crippen LogP contribution in [0.25, 0.3) is 0 Å². The van der Waals surface area contributed by atoms with Gasteiger partial charge < -0.3 is 19.4 Å². The lowest BCUT2D eigenvalue weighted by Crippen LogP contribution is -2.52. The number of aromatic nitrogens is 1. The molecule has 7 nitrogen and oxygen atoms in total. The zero-order chi connectivity index (χ0) is 20.3. The molecule has 154 valence electrons. The second kappa shape index (κ2) is 8.68. The topological polar surface area (TPSA) is 66.0 Å². The summed E-state index contributed by atoms with van der Waals surface area (Å²) in [5, 5.41) is 0. The lowest BCUT2D eigenvalue weighted by Gasteiger charge is -2.39. The molecule has 3 heterocycles. The molecule has 1 aromatic rings. The number of carbonyl (C=O) groups is 2. The number of likely N-dealkylation sites (tertiary alicyclic amines) is 1. The van der Waals surface area contributed by atoms with E-state index < -0.39 is 5.60 Å². The van der Waals surface area contributed by atoms with Crippen molar-refractivity contribution in [3.63, 3.8) is 0 Å². The molecule has 0 saturated carbocycles. The number of amides is 2. The summed E-state index contributed by atoms with van der Waals surface area (Å²) in [6.07, 6.45) is 2.90. The maximum Gasteiger partial charge on any atom is 0.410 e. The zero-order valence-corrected chi connectivity index (χ0v) is 18.4. The van der Waals surface area contributed by atoms with Crippen molar-refractivity contribution in [2.24, 2.45) is 5.92 Å². The fraction of sp³-hybridized carbons (Fsp3) is 0.650. The second-order valence-electron chi connectivity index (χ2n) is 8.39. The molecule has 1 aromatic heterocycles. The van der Waals surface area contributed by atoms with E-state index in [-0.39, 0.29) is 17.9 Å². The van der Waals surface area contributed by atoms with Gasteiger partial charge in [0.1, 0.15) is 11.4 Å². The van der Waals surface area contributed by atoms with Crippen LogP contribution < -0.4 is 4.90 Å². The fourth-order valence-electron chi connectivity index (χ4n) is 3.62. The molecule has 0 radical (unpaired) electrons. The van der Waals surface area contributed by atoms with Crippen molar-refractivity contribution in [2.75, 3.05) is 44.2 Å². The van der Waals surface area contributed by atoms with E-state index in [9.17, 15) is 9.59 Å². The van der Waals surface area contributed by atoms with Crippen molar-refractivity contribution in [3.05, 3.63) is 22.8 Å². The van der Waals surface area contributed by atoms with Gasteiger partial charge in [0.05, 0.1) is 0 Å². The van der Waals surface area contributed by atoms with E-state index in [1.165, 1.54) is 0 Å². The predicted molar refractivity (Wildman–Crippen MR) is 111 cm³/mol. The quantitative estimate of drug-likeness (QED) is 0.689. The zero-order valence-electron chi connectivity index (χ0n) is 16.9. The largest absolute Gasteiger partial charge is 0.444 e. The molecule has 0 spiro atoms. The van der Waals surface area contributed by atoms with Crippen molar-refractivity contribution < 1.29 is 14.3 Å². The molecule has 8 heteroatoms. The number of carbonyl (C=O) groups excluding carboxylic acids is 2. The number of hydrogen-bond donors (Lipinski definition) is 0. The van der Waals surface area contributed by atoms with Gasteiger partial charge in [-0.2, -0.15) is 0 Å². The molecule has 3 rings (SSSR count). The number of nitrogens with zero attached hydrogens (tertiary/aromatic N) is 4. The fourth-order valence-corrected chi connectivity index (χ4v) is 3.94. The minimum Gasteiger partial charge on any atom is -0.444 e. The normalized spacial score (nSPS) is 18.9. The molecule has 28 heavy (non-hydrogen) atoms.